The molecule has 0 radical (unpaired) electrons. The Morgan fingerprint density at radius 1 is 1.16 bits per heavy atom. The fourth-order valence-electron chi connectivity index (χ4n) is 4.51. The molecule has 0 aliphatic carbocycles. The third-order valence-electron chi connectivity index (χ3n) is 5.64. The molecule has 3 heterocycles. The number of aromatic nitrogens is 2. The molecule has 5 heteroatoms. The highest BCUT2D eigenvalue weighted by molar-refractivity contribution is 5.78. The van der Waals surface area contributed by atoms with Crippen LogP contribution in [0.2, 0.25) is 0 Å². The van der Waals surface area contributed by atoms with Crippen LogP contribution in [0.15, 0.2) is 12.4 Å². The number of hydrogen-bond donors (Lipinski definition) is 0. The number of fused-ring (bicyclic) bond motifs is 1. The quantitative estimate of drug-likeness (QED) is 0.841. The van der Waals surface area contributed by atoms with Gasteiger partial charge in [0.15, 0.2) is 0 Å². The van der Waals surface area contributed by atoms with Crippen molar-refractivity contribution >= 4 is 5.91 Å². The zero-order valence-electron chi connectivity index (χ0n) is 16.3. The van der Waals surface area contributed by atoms with E-state index in [1.165, 1.54) is 12.2 Å². The summed E-state index contributed by atoms with van der Waals surface area (Å²) in [6.45, 7) is 13.8. The Balaban J connectivity index is 1.77. The fourth-order valence-corrected chi connectivity index (χ4v) is 4.51. The van der Waals surface area contributed by atoms with Crippen molar-refractivity contribution in [1.82, 2.24) is 19.4 Å². The summed E-state index contributed by atoms with van der Waals surface area (Å²) in [5.41, 5.74) is 0. The Morgan fingerprint density at radius 2 is 1.88 bits per heavy atom. The second kappa shape index (κ2) is 7.90. The highest BCUT2D eigenvalue weighted by Crippen LogP contribution is 2.37. The maximum absolute atomic E-state index is 12.3. The van der Waals surface area contributed by atoms with E-state index in [0.29, 0.717) is 23.8 Å². The van der Waals surface area contributed by atoms with Gasteiger partial charge < -0.3 is 9.47 Å². The van der Waals surface area contributed by atoms with Crippen LogP contribution in [-0.4, -0.2) is 51.4 Å². The summed E-state index contributed by atoms with van der Waals surface area (Å²) in [4.78, 5) is 21.8. The molecule has 5 nitrogen and oxygen atoms in total. The second-order valence-electron chi connectivity index (χ2n) is 8.48. The molecule has 1 aromatic rings. The number of piperidine rings is 1. The van der Waals surface area contributed by atoms with Gasteiger partial charge in [0.25, 0.3) is 0 Å². The number of nitrogens with zero attached hydrogens (tertiary/aromatic N) is 4. The maximum atomic E-state index is 12.3. The number of aryl methyl sites for hydroxylation is 1. The highest BCUT2D eigenvalue weighted by atomic mass is 16.2. The van der Waals surface area contributed by atoms with Crippen LogP contribution in [-0.2, 0) is 11.3 Å². The van der Waals surface area contributed by atoms with Gasteiger partial charge in [-0.1, -0.05) is 27.7 Å². The molecule has 0 spiro atoms. The first-order chi connectivity index (χ1) is 12.0. The summed E-state index contributed by atoms with van der Waals surface area (Å²) in [6, 6.07) is 0.399. The average molecular weight is 347 g/mol. The first kappa shape index (κ1) is 18.4. The van der Waals surface area contributed by atoms with Crippen molar-refractivity contribution in [1.29, 1.82) is 0 Å². The number of carbonyl (C=O) groups is 1. The fraction of sp³-hybridized carbons (Fsp3) is 0.800. The number of likely N-dealkylation sites (tertiary alicyclic amines) is 1. The molecular weight excluding hydrogens is 312 g/mol. The second-order valence-corrected chi connectivity index (χ2v) is 8.48. The molecule has 3 rings (SSSR count). The summed E-state index contributed by atoms with van der Waals surface area (Å²) in [5.74, 6) is 2.90. The van der Waals surface area contributed by atoms with Gasteiger partial charge >= 0.3 is 0 Å². The van der Waals surface area contributed by atoms with Gasteiger partial charge in [-0.3, -0.25) is 9.69 Å². The molecule has 0 bridgehead atoms. The Kier molecular flexibility index (Phi) is 5.82. The van der Waals surface area contributed by atoms with Crippen LogP contribution < -0.4 is 0 Å². The van der Waals surface area contributed by atoms with E-state index >= 15 is 0 Å². The van der Waals surface area contributed by atoms with E-state index in [9.17, 15) is 4.79 Å². The topological polar surface area (TPSA) is 41.4 Å². The zero-order valence-corrected chi connectivity index (χ0v) is 16.3. The molecule has 1 aromatic heterocycles. The van der Waals surface area contributed by atoms with E-state index in [0.717, 1.165) is 45.6 Å². The van der Waals surface area contributed by atoms with Gasteiger partial charge in [0.05, 0.1) is 6.04 Å². The average Bonchev–Trinajstić information content (AvgIpc) is 2.96. The van der Waals surface area contributed by atoms with E-state index in [-0.39, 0.29) is 5.92 Å². The molecule has 1 unspecified atom stereocenters. The van der Waals surface area contributed by atoms with Gasteiger partial charge in [0.2, 0.25) is 5.91 Å². The first-order valence-corrected chi connectivity index (χ1v) is 10.0. The number of amides is 1. The molecule has 2 aliphatic rings. The van der Waals surface area contributed by atoms with E-state index < -0.39 is 0 Å². The predicted octanol–water partition coefficient (Wildman–Crippen LogP) is 3.18. The smallest absolute Gasteiger partial charge is 0.225 e. The SMILES string of the molecule is CC(C)CN1CCCn2ccnc2C1C1CCN(C(=O)C(C)C)CC1. The minimum atomic E-state index is 0.103. The normalized spacial score (nSPS) is 23.1. The lowest BCUT2D eigenvalue weighted by Gasteiger charge is -2.41. The number of rotatable bonds is 4. The zero-order chi connectivity index (χ0) is 18.0. The number of hydrogen-bond acceptors (Lipinski definition) is 3. The molecule has 1 amide bonds. The van der Waals surface area contributed by atoms with Crippen LogP contribution >= 0.6 is 0 Å². The lowest BCUT2D eigenvalue weighted by molar-refractivity contribution is -0.136. The van der Waals surface area contributed by atoms with Gasteiger partial charge in [-0.05, 0) is 31.1 Å². The third kappa shape index (κ3) is 4.08. The highest BCUT2D eigenvalue weighted by Gasteiger charge is 2.36. The van der Waals surface area contributed by atoms with Crippen molar-refractivity contribution in [3.63, 3.8) is 0 Å². The summed E-state index contributed by atoms with van der Waals surface area (Å²) in [7, 11) is 0. The van der Waals surface area contributed by atoms with Gasteiger partial charge in [-0.2, -0.15) is 0 Å². The molecule has 0 N–H and O–H groups in total. The molecular formula is C20H34N4O. The van der Waals surface area contributed by atoms with E-state index in [2.05, 4.69) is 34.4 Å². The minimum absolute atomic E-state index is 0.103. The van der Waals surface area contributed by atoms with Crippen molar-refractivity contribution in [2.45, 2.75) is 59.5 Å². The largest absolute Gasteiger partial charge is 0.342 e. The molecule has 25 heavy (non-hydrogen) atoms. The van der Waals surface area contributed by atoms with Crippen LogP contribution in [0.4, 0.5) is 0 Å². The van der Waals surface area contributed by atoms with Gasteiger partial charge in [-0.15, -0.1) is 0 Å². The minimum Gasteiger partial charge on any atom is -0.342 e. The Hall–Kier alpha value is -1.36. The Labute approximate surface area is 152 Å². The Bertz CT molecular complexity index is 572. The molecule has 1 atom stereocenters. The van der Waals surface area contributed by atoms with Crippen molar-refractivity contribution in [2.75, 3.05) is 26.2 Å². The lowest BCUT2D eigenvalue weighted by Crippen LogP contribution is -2.45. The third-order valence-corrected chi connectivity index (χ3v) is 5.64. The molecule has 0 aromatic carbocycles. The summed E-state index contributed by atoms with van der Waals surface area (Å²) in [6.07, 6.45) is 7.46. The molecule has 2 aliphatic heterocycles. The summed E-state index contributed by atoms with van der Waals surface area (Å²) < 4.78 is 2.36. The van der Waals surface area contributed by atoms with Crippen molar-refractivity contribution in [2.24, 2.45) is 17.8 Å². The Morgan fingerprint density at radius 3 is 2.52 bits per heavy atom. The summed E-state index contributed by atoms with van der Waals surface area (Å²) >= 11 is 0. The van der Waals surface area contributed by atoms with Crippen LogP contribution in [0.25, 0.3) is 0 Å². The molecule has 140 valence electrons. The molecule has 1 fully saturated rings. The number of imidazole rings is 1. The predicted molar refractivity (Wildman–Crippen MR) is 100 cm³/mol. The van der Waals surface area contributed by atoms with Crippen molar-refractivity contribution in [3.8, 4) is 0 Å². The van der Waals surface area contributed by atoms with Crippen molar-refractivity contribution in [3.05, 3.63) is 18.2 Å². The summed E-state index contributed by atoms with van der Waals surface area (Å²) in [5, 5.41) is 0. The first-order valence-electron chi connectivity index (χ1n) is 10.0. The standard InChI is InChI=1S/C20H34N4O/c1-15(2)14-24-10-5-9-22-13-8-21-19(22)18(24)17-6-11-23(12-7-17)20(25)16(3)4/h8,13,15-18H,5-7,9-12,14H2,1-4H3. The van der Waals surface area contributed by atoms with E-state index in [1.54, 1.807) is 0 Å². The van der Waals surface area contributed by atoms with Gasteiger partial charge in [0, 0.05) is 51.0 Å². The number of carbonyl (C=O) groups excluding carboxylic acids is 1. The maximum Gasteiger partial charge on any atom is 0.225 e. The van der Waals surface area contributed by atoms with Crippen LogP contribution in [0.5, 0.6) is 0 Å². The van der Waals surface area contributed by atoms with Crippen LogP contribution in [0.3, 0.4) is 0 Å². The van der Waals surface area contributed by atoms with Crippen molar-refractivity contribution < 1.29 is 4.79 Å². The van der Waals surface area contributed by atoms with E-state index in [1.807, 2.05) is 20.0 Å². The monoisotopic (exact) mass is 346 g/mol. The van der Waals surface area contributed by atoms with Gasteiger partial charge in [0.1, 0.15) is 5.82 Å². The molecule has 1 saturated heterocycles. The van der Waals surface area contributed by atoms with Gasteiger partial charge in [-0.25, -0.2) is 4.98 Å². The molecule has 0 saturated carbocycles. The van der Waals surface area contributed by atoms with Crippen LogP contribution in [0, 0.1) is 17.8 Å². The van der Waals surface area contributed by atoms with E-state index in [4.69, 9.17) is 4.98 Å². The van der Waals surface area contributed by atoms with Crippen LogP contribution in [0.1, 0.15) is 58.8 Å². The lowest BCUT2D eigenvalue weighted by atomic mass is 9.87.